The summed E-state index contributed by atoms with van der Waals surface area (Å²) in [5, 5.41) is 9.84. The molecule has 122 valence electrons. The highest BCUT2D eigenvalue weighted by molar-refractivity contribution is 5.37. The molecule has 23 heavy (non-hydrogen) atoms. The van der Waals surface area contributed by atoms with Gasteiger partial charge < -0.3 is 14.4 Å². The van der Waals surface area contributed by atoms with Gasteiger partial charge in [0.05, 0.1) is 25.3 Å². The fraction of sp³-hybridized carbons (Fsp3) is 0.312. The SMILES string of the molecule is O=c1cc(O)c2c(n1Cc1ccc(C(F)(F)F)cc1)CCOC2. The molecule has 1 aliphatic rings. The Morgan fingerprint density at radius 3 is 2.57 bits per heavy atom. The van der Waals surface area contributed by atoms with Crippen LogP contribution in [0.5, 0.6) is 5.75 Å². The summed E-state index contributed by atoms with van der Waals surface area (Å²) in [6.07, 6.45) is -3.91. The predicted molar refractivity (Wildman–Crippen MR) is 76.3 cm³/mol. The second-order valence-corrected chi connectivity index (χ2v) is 5.38. The van der Waals surface area contributed by atoms with Gasteiger partial charge in [-0.05, 0) is 17.7 Å². The lowest BCUT2D eigenvalue weighted by molar-refractivity contribution is -0.137. The Kier molecular flexibility index (Phi) is 3.89. The van der Waals surface area contributed by atoms with E-state index in [0.717, 1.165) is 18.2 Å². The van der Waals surface area contributed by atoms with Gasteiger partial charge in [0.25, 0.3) is 5.56 Å². The van der Waals surface area contributed by atoms with Crippen molar-refractivity contribution in [3.05, 3.63) is 63.1 Å². The van der Waals surface area contributed by atoms with Crippen molar-refractivity contribution in [2.45, 2.75) is 25.7 Å². The number of aromatic nitrogens is 1. The molecule has 1 aromatic heterocycles. The van der Waals surface area contributed by atoms with Crippen LogP contribution in [-0.2, 0) is 30.5 Å². The number of ether oxygens (including phenoxy) is 1. The molecule has 0 unspecified atom stereocenters. The number of rotatable bonds is 2. The van der Waals surface area contributed by atoms with Crippen LogP contribution in [0.25, 0.3) is 0 Å². The molecule has 0 spiro atoms. The summed E-state index contributed by atoms with van der Waals surface area (Å²) in [6, 6.07) is 5.81. The molecule has 2 heterocycles. The molecule has 4 nitrogen and oxygen atoms in total. The van der Waals surface area contributed by atoms with Gasteiger partial charge in [0.15, 0.2) is 0 Å². The summed E-state index contributed by atoms with van der Waals surface area (Å²) >= 11 is 0. The molecule has 0 saturated heterocycles. The molecule has 1 aliphatic heterocycles. The van der Waals surface area contributed by atoms with Crippen LogP contribution in [0.1, 0.15) is 22.4 Å². The second kappa shape index (κ2) is 5.73. The number of nitrogens with zero attached hydrogens (tertiary/aromatic N) is 1. The van der Waals surface area contributed by atoms with Gasteiger partial charge in [-0.15, -0.1) is 0 Å². The van der Waals surface area contributed by atoms with Gasteiger partial charge in [0.1, 0.15) is 5.75 Å². The van der Waals surface area contributed by atoms with Crippen molar-refractivity contribution in [3.63, 3.8) is 0 Å². The van der Waals surface area contributed by atoms with Crippen molar-refractivity contribution in [1.29, 1.82) is 0 Å². The van der Waals surface area contributed by atoms with Crippen LogP contribution in [0.15, 0.2) is 35.1 Å². The maximum Gasteiger partial charge on any atom is 0.416 e. The number of hydrogen-bond donors (Lipinski definition) is 1. The number of alkyl halides is 3. The standard InChI is InChI=1S/C16H14F3NO3/c17-16(18,19)11-3-1-10(2-4-11)8-20-13-5-6-23-9-12(13)14(21)7-15(20)22/h1-4,7,21H,5-6,8-9H2. The smallest absolute Gasteiger partial charge is 0.416 e. The van der Waals surface area contributed by atoms with Crippen molar-refractivity contribution in [3.8, 4) is 5.75 Å². The lowest BCUT2D eigenvalue weighted by atomic mass is 10.1. The Hall–Kier alpha value is -2.28. The minimum Gasteiger partial charge on any atom is -0.507 e. The molecule has 0 atom stereocenters. The number of pyridine rings is 1. The summed E-state index contributed by atoms with van der Waals surface area (Å²) in [7, 11) is 0. The summed E-state index contributed by atoms with van der Waals surface area (Å²) in [4.78, 5) is 12.1. The van der Waals surface area contributed by atoms with E-state index in [2.05, 4.69) is 0 Å². The Bertz CT molecular complexity index is 779. The van der Waals surface area contributed by atoms with E-state index >= 15 is 0 Å². The average Bonchev–Trinajstić information content (AvgIpc) is 2.51. The molecule has 1 N–H and O–H groups in total. The minimum atomic E-state index is -4.38. The van der Waals surface area contributed by atoms with Crippen molar-refractivity contribution < 1.29 is 23.0 Å². The van der Waals surface area contributed by atoms with Crippen LogP contribution in [0.3, 0.4) is 0 Å². The molecule has 0 aliphatic carbocycles. The van der Waals surface area contributed by atoms with Crippen molar-refractivity contribution in [1.82, 2.24) is 4.57 Å². The van der Waals surface area contributed by atoms with Crippen molar-refractivity contribution >= 4 is 0 Å². The number of hydrogen-bond acceptors (Lipinski definition) is 3. The van der Waals surface area contributed by atoms with Crippen LogP contribution in [0.4, 0.5) is 13.2 Å². The van der Waals surface area contributed by atoms with Gasteiger partial charge >= 0.3 is 6.18 Å². The van der Waals surface area contributed by atoms with Crippen LogP contribution in [-0.4, -0.2) is 16.3 Å². The van der Waals surface area contributed by atoms with Gasteiger partial charge in [0.2, 0.25) is 0 Å². The number of aromatic hydroxyl groups is 1. The second-order valence-electron chi connectivity index (χ2n) is 5.38. The molecular weight excluding hydrogens is 311 g/mol. The minimum absolute atomic E-state index is 0.103. The highest BCUT2D eigenvalue weighted by Crippen LogP contribution is 2.29. The lowest BCUT2D eigenvalue weighted by Crippen LogP contribution is -2.28. The maximum absolute atomic E-state index is 12.6. The highest BCUT2D eigenvalue weighted by Gasteiger charge is 2.30. The van der Waals surface area contributed by atoms with Crippen LogP contribution in [0.2, 0.25) is 0 Å². The number of fused-ring (bicyclic) bond motifs is 1. The number of benzene rings is 1. The molecule has 0 amide bonds. The van der Waals surface area contributed by atoms with E-state index in [0.29, 0.717) is 29.8 Å². The van der Waals surface area contributed by atoms with Crippen molar-refractivity contribution in [2.24, 2.45) is 0 Å². The Morgan fingerprint density at radius 2 is 1.91 bits per heavy atom. The number of halogens is 3. The van der Waals surface area contributed by atoms with Crippen LogP contribution < -0.4 is 5.56 Å². The monoisotopic (exact) mass is 325 g/mol. The third-order valence-electron chi connectivity index (χ3n) is 3.86. The first-order chi connectivity index (χ1) is 10.9. The van der Waals surface area contributed by atoms with Crippen LogP contribution >= 0.6 is 0 Å². The van der Waals surface area contributed by atoms with E-state index in [4.69, 9.17) is 4.74 Å². The average molecular weight is 325 g/mol. The zero-order valence-electron chi connectivity index (χ0n) is 12.1. The summed E-state index contributed by atoms with van der Waals surface area (Å²) in [5.41, 5.74) is 0.696. The molecule has 0 bridgehead atoms. The van der Waals surface area contributed by atoms with E-state index in [9.17, 15) is 23.1 Å². The normalized spacial score (nSPS) is 14.6. The first-order valence-electron chi connectivity index (χ1n) is 7.04. The summed E-state index contributed by atoms with van der Waals surface area (Å²) in [5.74, 6) is -0.103. The maximum atomic E-state index is 12.6. The molecule has 1 aromatic carbocycles. The Morgan fingerprint density at radius 1 is 1.22 bits per heavy atom. The van der Waals surface area contributed by atoms with Gasteiger partial charge in [-0.25, -0.2) is 0 Å². The van der Waals surface area contributed by atoms with E-state index in [1.165, 1.54) is 16.7 Å². The van der Waals surface area contributed by atoms with Crippen LogP contribution in [0, 0.1) is 0 Å². The molecular formula is C16H14F3NO3. The first kappa shape index (κ1) is 15.6. The van der Waals surface area contributed by atoms with Gasteiger partial charge in [0, 0.05) is 23.7 Å². The zero-order valence-corrected chi connectivity index (χ0v) is 12.1. The third-order valence-corrected chi connectivity index (χ3v) is 3.86. The van der Waals surface area contributed by atoms with Gasteiger partial charge in [-0.1, -0.05) is 12.1 Å². The first-order valence-corrected chi connectivity index (χ1v) is 7.04. The van der Waals surface area contributed by atoms with E-state index < -0.39 is 11.7 Å². The summed E-state index contributed by atoms with van der Waals surface area (Å²) in [6.45, 7) is 0.803. The molecule has 0 fully saturated rings. The predicted octanol–water partition coefficient (Wildman–Crippen LogP) is 2.69. The fourth-order valence-electron chi connectivity index (χ4n) is 2.67. The third kappa shape index (κ3) is 3.10. The topological polar surface area (TPSA) is 51.5 Å². The highest BCUT2D eigenvalue weighted by atomic mass is 19.4. The van der Waals surface area contributed by atoms with Gasteiger partial charge in [-0.3, -0.25) is 4.79 Å². The quantitative estimate of drug-likeness (QED) is 0.924. The van der Waals surface area contributed by atoms with E-state index in [1.807, 2.05) is 0 Å². The molecule has 0 saturated carbocycles. The zero-order chi connectivity index (χ0) is 16.6. The van der Waals surface area contributed by atoms with Gasteiger partial charge in [-0.2, -0.15) is 13.2 Å². The van der Waals surface area contributed by atoms with E-state index in [-0.39, 0.29) is 24.5 Å². The molecule has 7 heteroatoms. The Balaban J connectivity index is 1.96. The molecule has 0 radical (unpaired) electrons. The molecule has 2 aromatic rings. The van der Waals surface area contributed by atoms with E-state index in [1.54, 1.807) is 0 Å². The fourth-order valence-corrected chi connectivity index (χ4v) is 2.67. The lowest BCUT2D eigenvalue weighted by Gasteiger charge is -2.22. The molecule has 3 rings (SSSR count). The largest absolute Gasteiger partial charge is 0.507 e. The Labute approximate surface area is 129 Å². The summed E-state index contributed by atoms with van der Waals surface area (Å²) < 4.78 is 44.5. The van der Waals surface area contributed by atoms with Crippen molar-refractivity contribution in [2.75, 3.05) is 6.61 Å².